The Labute approximate surface area is 167 Å². The highest BCUT2D eigenvalue weighted by Gasteiger charge is 2.20. The third-order valence-electron chi connectivity index (χ3n) is 4.46. The first-order valence-corrected chi connectivity index (χ1v) is 9.32. The summed E-state index contributed by atoms with van der Waals surface area (Å²) in [4.78, 5) is 17.0. The number of halogens is 1. The van der Waals surface area contributed by atoms with Crippen molar-refractivity contribution in [3.63, 3.8) is 0 Å². The highest BCUT2D eigenvalue weighted by molar-refractivity contribution is 5.94. The third kappa shape index (κ3) is 4.11. The average molecular weight is 390 g/mol. The number of hydrogen-bond donors (Lipinski definition) is 1. The summed E-state index contributed by atoms with van der Waals surface area (Å²) >= 11 is 0. The van der Waals surface area contributed by atoms with Gasteiger partial charge < -0.3 is 14.5 Å². The number of aromatic nitrogens is 1. The highest BCUT2D eigenvalue weighted by atomic mass is 19.1. The molecule has 29 heavy (non-hydrogen) atoms. The molecule has 0 saturated carbocycles. The average Bonchev–Trinajstić information content (AvgIpc) is 3.18. The Morgan fingerprint density at radius 3 is 2.52 bits per heavy atom. The summed E-state index contributed by atoms with van der Waals surface area (Å²) in [6.45, 7) is 1.81. The maximum absolute atomic E-state index is 13.8. The van der Waals surface area contributed by atoms with Gasteiger partial charge in [0.25, 0.3) is 5.91 Å². The normalized spacial score (nSPS) is 11.9. The number of ether oxygens (including phenoxy) is 1. The van der Waals surface area contributed by atoms with Crippen LogP contribution in [0.3, 0.4) is 0 Å². The predicted molar refractivity (Wildman–Crippen MR) is 109 cm³/mol. The van der Waals surface area contributed by atoms with E-state index in [1.54, 1.807) is 31.2 Å². The summed E-state index contributed by atoms with van der Waals surface area (Å²) in [6.07, 6.45) is -0.398. The van der Waals surface area contributed by atoms with Crippen molar-refractivity contribution in [3.8, 4) is 17.2 Å². The van der Waals surface area contributed by atoms with Crippen molar-refractivity contribution >= 4 is 22.7 Å². The molecule has 0 spiro atoms. The van der Waals surface area contributed by atoms with Gasteiger partial charge in [-0.1, -0.05) is 31.2 Å². The first-order valence-electron chi connectivity index (χ1n) is 9.32. The highest BCUT2D eigenvalue weighted by Crippen LogP contribution is 2.25. The molecule has 1 unspecified atom stereocenters. The lowest BCUT2D eigenvalue weighted by molar-refractivity contribution is -0.122. The van der Waals surface area contributed by atoms with Crippen LogP contribution in [0.15, 0.2) is 77.2 Å². The minimum Gasteiger partial charge on any atom is -0.478 e. The molecule has 4 rings (SSSR count). The maximum atomic E-state index is 13.8. The number of amides is 1. The molecule has 1 atom stereocenters. The molecule has 1 N–H and O–H groups in total. The summed E-state index contributed by atoms with van der Waals surface area (Å²) in [5, 5.41) is 2.80. The van der Waals surface area contributed by atoms with Gasteiger partial charge in [-0.05, 0) is 55.0 Å². The molecule has 1 amide bonds. The lowest BCUT2D eigenvalue weighted by Gasteiger charge is -2.17. The van der Waals surface area contributed by atoms with E-state index in [0.717, 1.165) is 16.7 Å². The monoisotopic (exact) mass is 390 g/mol. The van der Waals surface area contributed by atoms with Crippen molar-refractivity contribution < 1.29 is 18.3 Å². The van der Waals surface area contributed by atoms with Gasteiger partial charge in [-0.2, -0.15) is 0 Å². The standard InChI is InChI=1S/C23H19FN2O3/c1-2-19(28-20-9-5-3-7-17(20)24)22(27)25-16-13-11-15(12-14-16)23-26-18-8-4-6-10-21(18)29-23/h3-14,19H,2H2,1H3,(H,25,27). The molecule has 0 radical (unpaired) electrons. The van der Waals surface area contributed by atoms with Crippen LogP contribution in [0.25, 0.3) is 22.6 Å². The number of para-hydroxylation sites is 3. The van der Waals surface area contributed by atoms with Crippen molar-refractivity contribution in [2.45, 2.75) is 19.4 Å². The molecule has 5 nitrogen and oxygen atoms in total. The van der Waals surface area contributed by atoms with E-state index in [9.17, 15) is 9.18 Å². The second-order valence-electron chi connectivity index (χ2n) is 6.50. The van der Waals surface area contributed by atoms with E-state index >= 15 is 0 Å². The minimum absolute atomic E-state index is 0.0563. The molecule has 0 aliphatic heterocycles. The number of carbonyl (C=O) groups is 1. The molecule has 0 bridgehead atoms. The number of oxazole rings is 1. The van der Waals surface area contributed by atoms with Gasteiger partial charge >= 0.3 is 0 Å². The van der Waals surface area contributed by atoms with Crippen LogP contribution in [0.2, 0.25) is 0 Å². The van der Waals surface area contributed by atoms with Crippen LogP contribution in [0.1, 0.15) is 13.3 Å². The fraction of sp³-hybridized carbons (Fsp3) is 0.130. The van der Waals surface area contributed by atoms with Gasteiger partial charge in [-0.25, -0.2) is 9.37 Å². The zero-order valence-corrected chi connectivity index (χ0v) is 15.8. The number of fused-ring (bicyclic) bond motifs is 1. The summed E-state index contributed by atoms with van der Waals surface area (Å²) in [5.41, 5.74) is 2.91. The predicted octanol–water partition coefficient (Wildman–Crippen LogP) is 5.43. The van der Waals surface area contributed by atoms with Crippen LogP contribution in [0, 0.1) is 5.82 Å². The number of carbonyl (C=O) groups excluding carboxylic acids is 1. The van der Waals surface area contributed by atoms with Crippen molar-refractivity contribution in [1.29, 1.82) is 0 Å². The summed E-state index contributed by atoms with van der Waals surface area (Å²) in [5.74, 6) is -0.272. The molecule has 4 aromatic rings. The van der Waals surface area contributed by atoms with E-state index in [-0.39, 0.29) is 11.7 Å². The smallest absolute Gasteiger partial charge is 0.265 e. The number of nitrogens with zero attached hydrogens (tertiary/aromatic N) is 1. The van der Waals surface area contributed by atoms with Gasteiger partial charge in [0.1, 0.15) is 5.52 Å². The van der Waals surface area contributed by atoms with Crippen molar-refractivity contribution in [1.82, 2.24) is 4.98 Å². The Balaban J connectivity index is 1.46. The molecule has 146 valence electrons. The van der Waals surface area contributed by atoms with Crippen LogP contribution in [-0.4, -0.2) is 17.0 Å². The van der Waals surface area contributed by atoms with E-state index in [1.807, 2.05) is 36.4 Å². The Bertz CT molecular complexity index is 1110. The van der Waals surface area contributed by atoms with Gasteiger partial charge in [0.2, 0.25) is 5.89 Å². The summed E-state index contributed by atoms with van der Waals surface area (Å²) in [7, 11) is 0. The van der Waals surface area contributed by atoms with Gasteiger partial charge in [-0.3, -0.25) is 4.79 Å². The number of rotatable bonds is 6. The number of hydrogen-bond acceptors (Lipinski definition) is 4. The first-order chi connectivity index (χ1) is 14.1. The Kier molecular flexibility index (Phi) is 5.24. The molecule has 1 heterocycles. The first kappa shape index (κ1) is 18.7. The summed E-state index contributed by atoms with van der Waals surface area (Å²) < 4.78 is 25.1. The Morgan fingerprint density at radius 2 is 1.79 bits per heavy atom. The van der Waals surface area contributed by atoms with Crippen LogP contribution >= 0.6 is 0 Å². The number of benzene rings is 3. The van der Waals surface area contributed by atoms with E-state index in [1.165, 1.54) is 12.1 Å². The second kappa shape index (κ2) is 8.14. The van der Waals surface area contributed by atoms with Crippen molar-refractivity contribution in [2.24, 2.45) is 0 Å². The van der Waals surface area contributed by atoms with Gasteiger partial charge in [0, 0.05) is 11.3 Å². The molecular formula is C23H19FN2O3. The van der Waals surface area contributed by atoms with Crippen molar-refractivity contribution in [2.75, 3.05) is 5.32 Å². The van der Waals surface area contributed by atoms with E-state index in [0.29, 0.717) is 18.0 Å². The fourth-order valence-corrected chi connectivity index (χ4v) is 2.93. The number of nitrogens with one attached hydrogen (secondary N) is 1. The van der Waals surface area contributed by atoms with Crippen LogP contribution in [0.4, 0.5) is 10.1 Å². The molecule has 6 heteroatoms. The molecule has 1 aromatic heterocycles. The summed E-state index contributed by atoms with van der Waals surface area (Å²) in [6, 6.07) is 20.7. The van der Waals surface area contributed by atoms with Gasteiger partial charge in [0.05, 0.1) is 0 Å². The van der Waals surface area contributed by atoms with E-state index < -0.39 is 11.9 Å². The van der Waals surface area contributed by atoms with Crippen molar-refractivity contribution in [3.05, 3.63) is 78.6 Å². The zero-order chi connectivity index (χ0) is 20.2. The Morgan fingerprint density at radius 1 is 1.07 bits per heavy atom. The second-order valence-corrected chi connectivity index (χ2v) is 6.50. The molecule has 0 aliphatic rings. The maximum Gasteiger partial charge on any atom is 0.265 e. The van der Waals surface area contributed by atoms with Crippen LogP contribution < -0.4 is 10.1 Å². The SMILES string of the molecule is CCC(Oc1ccccc1F)C(=O)Nc1ccc(-c2nc3ccccc3o2)cc1. The third-order valence-corrected chi connectivity index (χ3v) is 4.46. The molecular weight excluding hydrogens is 371 g/mol. The van der Waals surface area contributed by atoms with Crippen LogP contribution in [0.5, 0.6) is 5.75 Å². The fourth-order valence-electron chi connectivity index (χ4n) is 2.93. The lowest BCUT2D eigenvalue weighted by Crippen LogP contribution is -2.32. The van der Waals surface area contributed by atoms with E-state index in [4.69, 9.17) is 9.15 Å². The molecule has 0 fully saturated rings. The molecule has 0 aliphatic carbocycles. The zero-order valence-electron chi connectivity index (χ0n) is 15.8. The quantitative estimate of drug-likeness (QED) is 0.477. The van der Waals surface area contributed by atoms with Gasteiger partial charge in [0.15, 0.2) is 23.3 Å². The topological polar surface area (TPSA) is 64.4 Å². The number of anilines is 1. The molecule has 3 aromatic carbocycles. The van der Waals surface area contributed by atoms with E-state index in [2.05, 4.69) is 10.3 Å². The minimum atomic E-state index is -0.802. The lowest BCUT2D eigenvalue weighted by atomic mass is 10.2. The largest absolute Gasteiger partial charge is 0.478 e. The molecule has 0 saturated heterocycles. The van der Waals surface area contributed by atoms with Crippen LogP contribution in [-0.2, 0) is 4.79 Å². The Hall–Kier alpha value is -3.67. The van der Waals surface area contributed by atoms with Gasteiger partial charge in [-0.15, -0.1) is 0 Å².